The zero-order chi connectivity index (χ0) is 23.0. The molecular weight excluding hydrogens is 416 g/mol. The number of benzene rings is 2. The fourth-order valence-corrected chi connectivity index (χ4v) is 3.99. The first-order chi connectivity index (χ1) is 16.1. The van der Waals surface area contributed by atoms with Gasteiger partial charge in [0.1, 0.15) is 5.76 Å². The van der Waals surface area contributed by atoms with Gasteiger partial charge >= 0.3 is 0 Å². The molecule has 0 aliphatic carbocycles. The Morgan fingerprint density at radius 1 is 0.909 bits per heavy atom. The number of furan rings is 1. The van der Waals surface area contributed by atoms with Crippen molar-refractivity contribution in [1.29, 1.82) is 0 Å². The summed E-state index contributed by atoms with van der Waals surface area (Å²) in [6, 6.07) is 19.1. The number of aryl methyl sites for hydroxylation is 1. The Bertz CT molecular complexity index is 1070. The summed E-state index contributed by atoms with van der Waals surface area (Å²) >= 11 is 0. The summed E-state index contributed by atoms with van der Waals surface area (Å²) < 4.78 is 5.25. The zero-order valence-electron chi connectivity index (χ0n) is 18.9. The summed E-state index contributed by atoms with van der Waals surface area (Å²) in [4.78, 5) is 29.9. The number of nitrogens with zero attached hydrogens (tertiary/aromatic N) is 2. The monoisotopic (exact) mass is 446 g/mol. The molecule has 0 saturated carbocycles. The maximum absolute atomic E-state index is 12.7. The van der Waals surface area contributed by atoms with Gasteiger partial charge in [-0.25, -0.2) is 0 Å². The van der Waals surface area contributed by atoms with Gasteiger partial charge in [0, 0.05) is 32.7 Å². The molecule has 33 heavy (non-hydrogen) atoms. The van der Waals surface area contributed by atoms with Gasteiger partial charge in [0.2, 0.25) is 5.91 Å². The van der Waals surface area contributed by atoms with Crippen LogP contribution < -0.4 is 10.6 Å². The van der Waals surface area contributed by atoms with Crippen LogP contribution in [0.2, 0.25) is 0 Å². The van der Waals surface area contributed by atoms with Crippen LogP contribution in [0.5, 0.6) is 0 Å². The first-order valence-electron chi connectivity index (χ1n) is 11.3. The highest BCUT2D eigenvalue weighted by atomic mass is 16.3. The second-order valence-corrected chi connectivity index (χ2v) is 8.33. The van der Waals surface area contributed by atoms with Gasteiger partial charge in [-0.05, 0) is 42.3 Å². The van der Waals surface area contributed by atoms with E-state index in [-0.39, 0.29) is 11.8 Å². The first-order valence-corrected chi connectivity index (χ1v) is 11.3. The number of piperazine rings is 1. The highest BCUT2D eigenvalue weighted by Gasteiger charge is 2.20. The molecule has 3 aromatic rings. The summed E-state index contributed by atoms with van der Waals surface area (Å²) in [6.45, 7) is 7.20. The van der Waals surface area contributed by atoms with Crippen LogP contribution in [0.25, 0.3) is 0 Å². The largest absolute Gasteiger partial charge is 0.467 e. The van der Waals surface area contributed by atoms with E-state index in [4.69, 9.17) is 4.42 Å². The lowest BCUT2D eigenvalue weighted by Gasteiger charge is -2.34. The number of hydrogen-bond acceptors (Lipinski definition) is 5. The molecule has 7 heteroatoms. The molecule has 0 radical (unpaired) electrons. The third-order valence-electron chi connectivity index (χ3n) is 5.94. The summed E-state index contributed by atoms with van der Waals surface area (Å²) in [5, 5.41) is 5.74. The predicted octanol–water partition coefficient (Wildman–Crippen LogP) is 3.27. The number of carbonyl (C=O) groups is 2. The lowest BCUT2D eigenvalue weighted by atomic mass is 10.1. The second kappa shape index (κ2) is 10.9. The average Bonchev–Trinajstić information content (AvgIpc) is 3.34. The van der Waals surface area contributed by atoms with Gasteiger partial charge in [-0.2, -0.15) is 0 Å². The number of anilines is 1. The molecule has 0 atom stereocenters. The smallest absolute Gasteiger partial charge is 0.253 e. The van der Waals surface area contributed by atoms with Gasteiger partial charge in [-0.1, -0.05) is 36.4 Å². The topological polar surface area (TPSA) is 77.8 Å². The normalized spacial score (nSPS) is 14.7. The molecule has 2 aromatic carbocycles. The molecule has 2 amide bonds. The molecule has 2 N–H and O–H groups in total. The fourth-order valence-electron chi connectivity index (χ4n) is 3.99. The van der Waals surface area contributed by atoms with Gasteiger partial charge in [0.05, 0.1) is 30.6 Å². The van der Waals surface area contributed by atoms with E-state index >= 15 is 0 Å². The minimum Gasteiger partial charge on any atom is -0.467 e. The summed E-state index contributed by atoms with van der Waals surface area (Å²) in [5.41, 5.74) is 3.61. The third kappa shape index (κ3) is 6.31. The number of hydrogen-bond donors (Lipinski definition) is 2. The number of carbonyl (C=O) groups excluding carboxylic acids is 2. The Kier molecular flexibility index (Phi) is 7.55. The van der Waals surface area contributed by atoms with Crippen molar-refractivity contribution in [2.24, 2.45) is 0 Å². The van der Waals surface area contributed by atoms with E-state index in [1.165, 1.54) is 11.1 Å². The zero-order valence-corrected chi connectivity index (χ0v) is 18.9. The Morgan fingerprint density at radius 3 is 2.39 bits per heavy atom. The standard InChI is InChI=1S/C26H30N4O3/c1-20-7-2-3-8-21(20)18-29-12-14-30(15-13-29)19-25(31)28-24-11-5-4-10-23(24)26(32)27-17-22-9-6-16-33-22/h2-11,16H,12-15,17-19H2,1H3,(H,27,32)(H,28,31). The van der Waals surface area contributed by atoms with Crippen molar-refractivity contribution in [2.75, 3.05) is 38.0 Å². The minimum absolute atomic E-state index is 0.117. The van der Waals surface area contributed by atoms with Crippen molar-refractivity contribution in [3.63, 3.8) is 0 Å². The van der Waals surface area contributed by atoms with E-state index in [1.807, 2.05) is 6.07 Å². The van der Waals surface area contributed by atoms with Crippen LogP contribution in [-0.2, 0) is 17.9 Å². The van der Waals surface area contributed by atoms with Crippen molar-refractivity contribution >= 4 is 17.5 Å². The SMILES string of the molecule is Cc1ccccc1CN1CCN(CC(=O)Nc2ccccc2C(=O)NCc2ccco2)CC1. The molecule has 172 valence electrons. The van der Waals surface area contributed by atoms with E-state index < -0.39 is 0 Å². The van der Waals surface area contributed by atoms with Crippen molar-refractivity contribution in [3.8, 4) is 0 Å². The van der Waals surface area contributed by atoms with Crippen LogP contribution >= 0.6 is 0 Å². The maximum atomic E-state index is 12.7. The number of rotatable bonds is 8. The molecule has 1 aliphatic rings. The highest BCUT2D eigenvalue weighted by molar-refractivity contribution is 6.04. The number of nitrogens with one attached hydrogen (secondary N) is 2. The molecule has 1 aliphatic heterocycles. The van der Waals surface area contributed by atoms with Crippen molar-refractivity contribution < 1.29 is 14.0 Å². The van der Waals surface area contributed by atoms with E-state index in [0.717, 1.165) is 32.7 Å². The molecule has 1 fully saturated rings. The van der Waals surface area contributed by atoms with Crippen LogP contribution in [0.4, 0.5) is 5.69 Å². The van der Waals surface area contributed by atoms with Crippen LogP contribution in [0, 0.1) is 6.92 Å². The summed E-state index contributed by atoms with van der Waals surface area (Å²) in [5.74, 6) is 0.298. The Morgan fingerprint density at radius 2 is 1.64 bits per heavy atom. The third-order valence-corrected chi connectivity index (χ3v) is 5.94. The number of amides is 2. The highest BCUT2D eigenvalue weighted by Crippen LogP contribution is 2.16. The van der Waals surface area contributed by atoms with E-state index in [9.17, 15) is 9.59 Å². The van der Waals surface area contributed by atoms with Crippen LogP contribution in [-0.4, -0.2) is 54.3 Å². The second-order valence-electron chi connectivity index (χ2n) is 8.33. The summed E-state index contributed by atoms with van der Waals surface area (Å²) in [6.07, 6.45) is 1.57. The number of para-hydroxylation sites is 1. The minimum atomic E-state index is -0.257. The van der Waals surface area contributed by atoms with Gasteiger partial charge in [-0.3, -0.25) is 19.4 Å². The first kappa shape index (κ1) is 22.8. The molecular formula is C26H30N4O3. The Hall–Kier alpha value is -3.42. The Labute approximate surface area is 194 Å². The predicted molar refractivity (Wildman–Crippen MR) is 128 cm³/mol. The maximum Gasteiger partial charge on any atom is 0.253 e. The van der Waals surface area contributed by atoms with Crippen molar-refractivity contribution in [1.82, 2.24) is 15.1 Å². The molecule has 1 saturated heterocycles. The molecule has 1 aromatic heterocycles. The molecule has 0 unspecified atom stereocenters. The van der Waals surface area contributed by atoms with E-state index in [1.54, 1.807) is 36.6 Å². The van der Waals surface area contributed by atoms with Crippen molar-refractivity contribution in [2.45, 2.75) is 20.0 Å². The lowest BCUT2D eigenvalue weighted by molar-refractivity contribution is -0.117. The molecule has 0 spiro atoms. The fraction of sp³-hybridized carbons (Fsp3) is 0.308. The molecule has 7 nitrogen and oxygen atoms in total. The van der Waals surface area contributed by atoms with Gasteiger partial charge in [-0.15, -0.1) is 0 Å². The van der Waals surface area contributed by atoms with Gasteiger partial charge in [0.15, 0.2) is 0 Å². The average molecular weight is 447 g/mol. The van der Waals surface area contributed by atoms with Crippen molar-refractivity contribution in [3.05, 3.63) is 89.4 Å². The van der Waals surface area contributed by atoms with E-state index in [0.29, 0.717) is 30.1 Å². The molecule has 2 heterocycles. The Balaban J connectivity index is 1.26. The van der Waals surface area contributed by atoms with Crippen LogP contribution in [0.1, 0.15) is 27.2 Å². The quantitative estimate of drug-likeness (QED) is 0.555. The van der Waals surface area contributed by atoms with Gasteiger partial charge in [0.25, 0.3) is 5.91 Å². The van der Waals surface area contributed by atoms with Crippen LogP contribution in [0.3, 0.4) is 0 Å². The van der Waals surface area contributed by atoms with E-state index in [2.05, 4.69) is 51.6 Å². The van der Waals surface area contributed by atoms with Crippen LogP contribution in [0.15, 0.2) is 71.3 Å². The molecule has 0 bridgehead atoms. The summed E-state index contributed by atoms with van der Waals surface area (Å²) in [7, 11) is 0. The molecule has 4 rings (SSSR count). The van der Waals surface area contributed by atoms with Gasteiger partial charge < -0.3 is 15.1 Å². The lowest BCUT2D eigenvalue weighted by Crippen LogP contribution is -2.48.